The number of nitro groups is 1. The summed E-state index contributed by atoms with van der Waals surface area (Å²) in [5.41, 5.74) is 1.45. The van der Waals surface area contributed by atoms with Gasteiger partial charge in [0.2, 0.25) is 5.16 Å². The molecule has 0 unspecified atom stereocenters. The number of halogens is 1. The van der Waals surface area contributed by atoms with Crippen LogP contribution in [-0.4, -0.2) is 26.8 Å². The Kier molecular flexibility index (Phi) is 7.77. The Hall–Kier alpha value is -2.78. The molecule has 0 saturated carbocycles. The van der Waals surface area contributed by atoms with E-state index in [4.69, 9.17) is 16.3 Å². The molecule has 0 spiro atoms. The maximum atomic E-state index is 12.8. The summed E-state index contributed by atoms with van der Waals surface area (Å²) in [5.74, 6) is 0.741. The van der Waals surface area contributed by atoms with Gasteiger partial charge in [0.15, 0.2) is 0 Å². The van der Waals surface area contributed by atoms with Crippen molar-refractivity contribution in [2.24, 2.45) is 0 Å². The molecule has 1 aromatic heterocycles. The second kappa shape index (κ2) is 10.2. The third-order valence-electron chi connectivity index (χ3n) is 5.80. The first kappa shape index (κ1) is 25.8. The quantitative estimate of drug-likeness (QED) is 0.278. The number of benzene rings is 2. The van der Waals surface area contributed by atoms with Crippen LogP contribution in [0.3, 0.4) is 0 Å². The topological polar surface area (TPSA) is 103 Å². The maximum Gasteiger partial charge on any atom is 0.348 e. The second-order valence-electron chi connectivity index (χ2n) is 9.00. The molecule has 0 radical (unpaired) electrons. The molecule has 2 aromatic carbocycles. The molecule has 182 valence electrons. The lowest BCUT2D eigenvalue weighted by atomic mass is 9.85. The normalized spacial score (nSPS) is 11.8. The smallest absolute Gasteiger partial charge is 0.348 e. The molecule has 0 saturated heterocycles. The van der Waals surface area contributed by atoms with Crippen molar-refractivity contribution in [1.82, 2.24) is 14.8 Å². The Balaban J connectivity index is 2.16. The van der Waals surface area contributed by atoms with Gasteiger partial charge in [-0.2, -0.15) is 0 Å². The van der Waals surface area contributed by atoms with E-state index in [2.05, 4.69) is 24.0 Å². The molecule has 3 rings (SSSR count). The largest absolute Gasteiger partial charge is 0.495 e. The van der Waals surface area contributed by atoms with Crippen molar-refractivity contribution in [3.05, 3.63) is 67.1 Å². The van der Waals surface area contributed by atoms with E-state index in [1.807, 2.05) is 26.8 Å². The summed E-state index contributed by atoms with van der Waals surface area (Å²) in [6.07, 6.45) is 1.79. The lowest BCUT2D eigenvalue weighted by Gasteiger charge is -2.24. The molecule has 0 amide bonds. The van der Waals surface area contributed by atoms with Crippen LogP contribution < -0.4 is 10.4 Å². The number of aromatic amines is 1. The second-order valence-corrected chi connectivity index (χ2v) is 10.4. The van der Waals surface area contributed by atoms with Gasteiger partial charge in [-0.25, -0.2) is 14.5 Å². The van der Waals surface area contributed by atoms with E-state index in [0.29, 0.717) is 21.4 Å². The van der Waals surface area contributed by atoms with E-state index in [1.165, 1.54) is 11.7 Å². The Morgan fingerprint density at radius 3 is 2.47 bits per heavy atom. The molecular formula is C24H29ClN4O4S. The van der Waals surface area contributed by atoms with Crippen LogP contribution in [0, 0.1) is 10.1 Å². The summed E-state index contributed by atoms with van der Waals surface area (Å²) in [5, 5.41) is 19.1. The molecule has 1 heterocycles. The Labute approximate surface area is 207 Å². The number of hydrogen-bond acceptors (Lipinski definition) is 6. The van der Waals surface area contributed by atoms with Gasteiger partial charge in [-0.15, -0.1) is 5.10 Å². The van der Waals surface area contributed by atoms with Crippen molar-refractivity contribution >= 4 is 29.1 Å². The molecule has 0 aliphatic rings. The van der Waals surface area contributed by atoms with Gasteiger partial charge in [0.1, 0.15) is 5.75 Å². The molecule has 0 aliphatic heterocycles. The fraction of sp³-hybridized carbons (Fsp3) is 0.417. The first-order valence-electron chi connectivity index (χ1n) is 11.0. The third-order valence-corrected chi connectivity index (χ3v) is 7.12. The van der Waals surface area contributed by atoms with Crippen LogP contribution in [0.2, 0.25) is 5.02 Å². The summed E-state index contributed by atoms with van der Waals surface area (Å²) in [6.45, 7) is 10.2. The zero-order chi connectivity index (χ0) is 25.2. The minimum Gasteiger partial charge on any atom is -0.495 e. The average Bonchev–Trinajstić information content (AvgIpc) is 3.14. The average molecular weight is 505 g/mol. The lowest BCUT2D eigenvalue weighted by molar-refractivity contribution is -0.387. The number of rotatable bonds is 8. The fourth-order valence-corrected chi connectivity index (χ4v) is 5.09. The molecule has 34 heavy (non-hydrogen) atoms. The van der Waals surface area contributed by atoms with Gasteiger partial charge in [-0.05, 0) is 65.3 Å². The summed E-state index contributed by atoms with van der Waals surface area (Å²) < 4.78 is 6.78. The number of methoxy groups -OCH3 is 1. The lowest BCUT2D eigenvalue weighted by Crippen LogP contribution is -2.22. The fourth-order valence-electron chi connectivity index (χ4n) is 3.92. The van der Waals surface area contributed by atoms with Crippen molar-refractivity contribution in [3.8, 4) is 11.4 Å². The zero-order valence-corrected chi connectivity index (χ0v) is 21.7. The van der Waals surface area contributed by atoms with Crippen molar-refractivity contribution < 1.29 is 9.66 Å². The van der Waals surface area contributed by atoms with Crippen LogP contribution in [0.15, 0.2) is 45.2 Å². The van der Waals surface area contributed by atoms with E-state index in [0.717, 1.165) is 35.7 Å². The van der Waals surface area contributed by atoms with E-state index >= 15 is 0 Å². The highest BCUT2D eigenvalue weighted by Crippen LogP contribution is 2.40. The third kappa shape index (κ3) is 5.15. The van der Waals surface area contributed by atoms with Gasteiger partial charge >= 0.3 is 5.69 Å². The van der Waals surface area contributed by atoms with E-state index in [9.17, 15) is 14.9 Å². The van der Waals surface area contributed by atoms with Gasteiger partial charge in [-0.3, -0.25) is 10.1 Å². The summed E-state index contributed by atoms with van der Waals surface area (Å²) in [6, 6.07) is 8.73. The molecule has 8 nitrogen and oxygen atoms in total. The molecule has 0 fully saturated rings. The minimum atomic E-state index is -0.467. The number of nitrogens with one attached hydrogen (secondary N) is 1. The summed E-state index contributed by atoms with van der Waals surface area (Å²) >= 11 is 7.47. The van der Waals surface area contributed by atoms with E-state index in [1.54, 1.807) is 24.3 Å². The monoisotopic (exact) mass is 504 g/mol. The molecule has 1 N–H and O–H groups in total. The Bertz CT molecular complexity index is 1260. The van der Waals surface area contributed by atoms with Crippen LogP contribution >= 0.6 is 23.4 Å². The molecule has 3 aromatic rings. The number of ether oxygens (including phenoxy) is 1. The highest BCUT2D eigenvalue weighted by atomic mass is 35.5. The predicted octanol–water partition coefficient (Wildman–Crippen LogP) is 6.48. The number of H-pyrrole nitrogens is 1. The highest BCUT2D eigenvalue weighted by molar-refractivity contribution is 7.99. The van der Waals surface area contributed by atoms with Gasteiger partial charge in [-0.1, -0.05) is 52.3 Å². The summed E-state index contributed by atoms with van der Waals surface area (Å²) in [4.78, 5) is 24.7. The van der Waals surface area contributed by atoms with Gasteiger partial charge in [0.05, 0.1) is 27.6 Å². The first-order valence-corrected chi connectivity index (χ1v) is 12.2. The summed E-state index contributed by atoms with van der Waals surface area (Å²) in [7, 11) is 1.53. The first-order chi connectivity index (χ1) is 16.0. The van der Waals surface area contributed by atoms with Crippen LogP contribution in [0.25, 0.3) is 5.69 Å². The van der Waals surface area contributed by atoms with Crippen molar-refractivity contribution in [2.75, 3.05) is 7.11 Å². The van der Waals surface area contributed by atoms with Crippen LogP contribution in [0.5, 0.6) is 5.75 Å². The SMILES string of the molecule is CCC(CC)c1ccc(Sc2n[nH]c(=O)n2-c2cc(Cl)c(OC)cc2C(C)(C)C)c([N+](=O)[O-])c1. The maximum absolute atomic E-state index is 12.8. The van der Waals surface area contributed by atoms with Crippen LogP contribution in [0.1, 0.15) is 64.5 Å². The van der Waals surface area contributed by atoms with Crippen LogP contribution in [0.4, 0.5) is 5.69 Å². The molecule has 0 bridgehead atoms. The van der Waals surface area contributed by atoms with Crippen molar-refractivity contribution in [1.29, 1.82) is 0 Å². The van der Waals surface area contributed by atoms with E-state index in [-0.39, 0.29) is 22.2 Å². The van der Waals surface area contributed by atoms with Gasteiger partial charge in [0.25, 0.3) is 5.69 Å². The molecular weight excluding hydrogens is 476 g/mol. The van der Waals surface area contributed by atoms with E-state index < -0.39 is 10.6 Å². The Morgan fingerprint density at radius 1 is 1.24 bits per heavy atom. The molecule has 0 atom stereocenters. The predicted molar refractivity (Wildman–Crippen MR) is 135 cm³/mol. The number of aromatic nitrogens is 3. The van der Waals surface area contributed by atoms with Crippen molar-refractivity contribution in [3.63, 3.8) is 0 Å². The zero-order valence-electron chi connectivity index (χ0n) is 20.1. The number of nitro benzene ring substituents is 1. The molecule has 0 aliphatic carbocycles. The van der Waals surface area contributed by atoms with Gasteiger partial charge < -0.3 is 4.74 Å². The highest BCUT2D eigenvalue weighted by Gasteiger charge is 2.26. The van der Waals surface area contributed by atoms with Gasteiger partial charge in [0, 0.05) is 6.07 Å². The minimum absolute atomic E-state index is 0.0137. The number of nitrogens with zero attached hydrogens (tertiary/aromatic N) is 3. The van der Waals surface area contributed by atoms with Crippen LogP contribution in [-0.2, 0) is 5.41 Å². The Morgan fingerprint density at radius 2 is 1.91 bits per heavy atom. The standard InChI is InChI=1S/C24H29ClN4O4S/c1-7-14(8-2)15-9-10-21(19(11-15)29(31)32)34-23-27-26-22(30)28(23)18-13-17(25)20(33-6)12-16(18)24(3,4)5/h9-14H,7-8H2,1-6H3,(H,26,30). The number of hydrogen-bond donors (Lipinski definition) is 1. The molecule has 10 heteroatoms. The van der Waals surface area contributed by atoms with Crippen molar-refractivity contribution in [2.45, 2.75) is 68.8 Å².